The summed E-state index contributed by atoms with van der Waals surface area (Å²) in [5, 5.41) is 0. The second kappa shape index (κ2) is 7.24. The van der Waals surface area contributed by atoms with Crippen LogP contribution in [0.1, 0.15) is 44.2 Å². The molecule has 5 nitrogen and oxygen atoms in total. The summed E-state index contributed by atoms with van der Waals surface area (Å²) in [6, 6.07) is 12.6. The van der Waals surface area contributed by atoms with Crippen LogP contribution in [0.4, 0.5) is 11.4 Å². The van der Waals surface area contributed by atoms with Gasteiger partial charge in [-0.2, -0.15) is 0 Å². The number of sulfonamides is 1. The Balaban J connectivity index is 1.58. The number of benzene rings is 2. The van der Waals surface area contributed by atoms with E-state index >= 15 is 0 Å². The Morgan fingerprint density at radius 1 is 1.14 bits per heavy atom. The van der Waals surface area contributed by atoms with Crippen molar-refractivity contribution < 1.29 is 13.2 Å². The maximum absolute atomic E-state index is 12.8. The molecule has 1 unspecified atom stereocenters. The van der Waals surface area contributed by atoms with Crippen LogP contribution < -0.4 is 9.62 Å². The zero-order valence-electron chi connectivity index (χ0n) is 16.3. The molecule has 1 saturated carbocycles. The van der Waals surface area contributed by atoms with Crippen molar-refractivity contribution >= 4 is 27.3 Å². The van der Waals surface area contributed by atoms with Gasteiger partial charge in [-0.1, -0.05) is 25.5 Å². The molecule has 28 heavy (non-hydrogen) atoms. The summed E-state index contributed by atoms with van der Waals surface area (Å²) in [6.45, 7) is 4.09. The number of nitrogens with one attached hydrogen (secondary N) is 1. The van der Waals surface area contributed by atoms with Crippen molar-refractivity contribution in [2.45, 2.75) is 56.9 Å². The molecule has 0 saturated heterocycles. The first-order valence-electron chi connectivity index (χ1n) is 9.97. The van der Waals surface area contributed by atoms with Crippen LogP contribution in [0.5, 0.6) is 0 Å². The second-order valence-electron chi connectivity index (χ2n) is 7.84. The summed E-state index contributed by atoms with van der Waals surface area (Å²) in [5.74, 6) is 0.312. The molecule has 1 fully saturated rings. The van der Waals surface area contributed by atoms with E-state index < -0.39 is 10.0 Å². The molecule has 1 atom stereocenters. The van der Waals surface area contributed by atoms with Gasteiger partial charge in [-0.3, -0.25) is 9.52 Å². The number of aryl methyl sites for hydroxylation is 1. The van der Waals surface area contributed by atoms with Crippen molar-refractivity contribution in [3.63, 3.8) is 0 Å². The number of rotatable bonds is 5. The highest BCUT2D eigenvalue weighted by Gasteiger charge is 2.37. The fourth-order valence-corrected chi connectivity index (χ4v) is 5.09. The van der Waals surface area contributed by atoms with Gasteiger partial charge in [0.05, 0.1) is 4.90 Å². The van der Waals surface area contributed by atoms with E-state index in [0.29, 0.717) is 12.1 Å². The van der Waals surface area contributed by atoms with E-state index in [9.17, 15) is 13.2 Å². The molecule has 1 aliphatic heterocycles. The standard InChI is InChI=1S/C22H26N2O3S/c1-3-16-7-9-19(10-8-16)23-28(26,27)20-11-12-21-18(14-20)13-15(2)24(21)22(25)17-5-4-6-17/h7-12,14-15,17,23H,3-6,13H2,1-2H3. The highest BCUT2D eigenvalue weighted by molar-refractivity contribution is 7.92. The first-order chi connectivity index (χ1) is 13.4. The van der Waals surface area contributed by atoms with E-state index in [0.717, 1.165) is 42.5 Å². The van der Waals surface area contributed by atoms with Gasteiger partial charge < -0.3 is 4.90 Å². The van der Waals surface area contributed by atoms with Crippen LogP contribution in [0.15, 0.2) is 47.4 Å². The van der Waals surface area contributed by atoms with Crippen LogP contribution in [0.3, 0.4) is 0 Å². The number of hydrogen-bond acceptors (Lipinski definition) is 3. The number of fused-ring (bicyclic) bond motifs is 1. The summed E-state index contributed by atoms with van der Waals surface area (Å²) in [4.78, 5) is 14.9. The average molecular weight is 399 g/mol. The van der Waals surface area contributed by atoms with Crippen LogP contribution in [0.2, 0.25) is 0 Å². The molecule has 4 rings (SSSR count). The predicted octanol–water partition coefficient (Wildman–Crippen LogP) is 4.13. The first-order valence-corrected chi connectivity index (χ1v) is 11.4. The number of carbonyl (C=O) groups is 1. The van der Waals surface area contributed by atoms with Crippen molar-refractivity contribution in [2.75, 3.05) is 9.62 Å². The molecular formula is C22H26N2O3S. The van der Waals surface area contributed by atoms with E-state index in [2.05, 4.69) is 11.6 Å². The molecule has 1 amide bonds. The molecular weight excluding hydrogens is 372 g/mol. The summed E-state index contributed by atoms with van der Waals surface area (Å²) < 4.78 is 28.3. The number of nitrogens with zero attached hydrogens (tertiary/aromatic N) is 1. The summed E-state index contributed by atoms with van der Waals surface area (Å²) >= 11 is 0. The smallest absolute Gasteiger partial charge is 0.261 e. The van der Waals surface area contributed by atoms with Crippen molar-refractivity contribution in [1.29, 1.82) is 0 Å². The fraction of sp³-hybridized carbons (Fsp3) is 0.409. The molecule has 148 valence electrons. The van der Waals surface area contributed by atoms with Crippen molar-refractivity contribution in [3.8, 4) is 0 Å². The molecule has 6 heteroatoms. The largest absolute Gasteiger partial charge is 0.309 e. The van der Waals surface area contributed by atoms with Gasteiger partial charge in [0, 0.05) is 23.3 Å². The van der Waals surface area contributed by atoms with Crippen LogP contribution >= 0.6 is 0 Å². The number of carbonyl (C=O) groups excluding carboxylic acids is 1. The van der Waals surface area contributed by atoms with Gasteiger partial charge >= 0.3 is 0 Å². The van der Waals surface area contributed by atoms with E-state index in [1.54, 1.807) is 30.3 Å². The average Bonchev–Trinajstić information content (AvgIpc) is 2.95. The third kappa shape index (κ3) is 3.41. The van der Waals surface area contributed by atoms with Crippen LogP contribution in [0.25, 0.3) is 0 Å². The zero-order chi connectivity index (χ0) is 19.9. The van der Waals surface area contributed by atoms with E-state index in [1.807, 2.05) is 24.0 Å². The van der Waals surface area contributed by atoms with Crippen LogP contribution in [-0.4, -0.2) is 20.4 Å². The lowest BCUT2D eigenvalue weighted by Gasteiger charge is -2.32. The Labute approximate surface area is 166 Å². The lowest BCUT2D eigenvalue weighted by Crippen LogP contribution is -2.42. The third-order valence-corrected chi connectivity index (χ3v) is 7.26. The highest BCUT2D eigenvalue weighted by atomic mass is 32.2. The summed E-state index contributed by atoms with van der Waals surface area (Å²) in [6.07, 6.45) is 4.64. The lowest BCUT2D eigenvalue weighted by atomic mass is 9.84. The Hall–Kier alpha value is -2.34. The van der Waals surface area contributed by atoms with Crippen molar-refractivity contribution in [2.24, 2.45) is 5.92 Å². The summed E-state index contributed by atoms with van der Waals surface area (Å²) in [7, 11) is -3.67. The fourth-order valence-electron chi connectivity index (χ4n) is 3.98. The molecule has 0 radical (unpaired) electrons. The number of amides is 1. The van der Waals surface area contributed by atoms with E-state index in [1.165, 1.54) is 0 Å². The van der Waals surface area contributed by atoms with Gasteiger partial charge in [-0.25, -0.2) is 8.42 Å². The maximum Gasteiger partial charge on any atom is 0.261 e. The van der Waals surface area contributed by atoms with Gasteiger partial charge in [-0.05, 0) is 74.1 Å². The molecule has 1 N–H and O–H groups in total. The number of hydrogen-bond donors (Lipinski definition) is 1. The minimum atomic E-state index is -3.67. The van der Waals surface area contributed by atoms with Gasteiger partial charge in [0.25, 0.3) is 10.0 Å². The highest BCUT2D eigenvalue weighted by Crippen LogP contribution is 2.38. The number of anilines is 2. The Kier molecular flexibility index (Phi) is 4.91. The zero-order valence-corrected chi connectivity index (χ0v) is 17.1. The van der Waals surface area contributed by atoms with Gasteiger partial charge in [0.2, 0.25) is 5.91 Å². The minimum Gasteiger partial charge on any atom is -0.309 e. The van der Waals surface area contributed by atoms with Crippen molar-refractivity contribution in [3.05, 3.63) is 53.6 Å². The van der Waals surface area contributed by atoms with Crippen LogP contribution in [0, 0.1) is 5.92 Å². The predicted molar refractivity (Wildman–Crippen MR) is 111 cm³/mol. The normalized spacial score (nSPS) is 19.2. The Morgan fingerprint density at radius 2 is 1.86 bits per heavy atom. The molecule has 1 heterocycles. The van der Waals surface area contributed by atoms with Gasteiger partial charge in [-0.15, -0.1) is 0 Å². The lowest BCUT2D eigenvalue weighted by molar-refractivity contribution is -0.125. The quantitative estimate of drug-likeness (QED) is 0.824. The first kappa shape index (κ1) is 19.0. The topological polar surface area (TPSA) is 66.5 Å². The van der Waals surface area contributed by atoms with Crippen LogP contribution in [-0.2, 0) is 27.7 Å². The Bertz CT molecular complexity index is 995. The Morgan fingerprint density at radius 3 is 2.46 bits per heavy atom. The van der Waals surface area contributed by atoms with E-state index in [-0.39, 0.29) is 22.8 Å². The summed E-state index contributed by atoms with van der Waals surface area (Å²) in [5.41, 5.74) is 3.48. The van der Waals surface area contributed by atoms with E-state index in [4.69, 9.17) is 0 Å². The van der Waals surface area contributed by atoms with Crippen molar-refractivity contribution in [1.82, 2.24) is 0 Å². The maximum atomic E-state index is 12.8. The minimum absolute atomic E-state index is 0.0654. The third-order valence-electron chi connectivity index (χ3n) is 5.88. The SMILES string of the molecule is CCc1ccc(NS(=O)(=O)c2ccc3c(c2)CC(C)N3C(=O)C2CCC2)cc1. The molecule has 0 bridgehead atoms. The second-order valence-corrected chi connectivity index (χ2v) is 9.52. The molecule has 0 spiro atoms. The van der Waals surface area contributed by atoms with Gasteiger partial charge in [0.15, 0.2) is 0 Å². The molecule has 2 aliphatic rings. The van der Waals surface area contributed by atoms with Gasteiger partial charge in [0.1, 0.15) is 0 Å². The molecule has 1 aliphatic carbocycles. The molecule has 0 aromatic heterocycles. The molecule has 2 aromatic rings. The molecule has 2 aromatic carbocycles. The monoisotopic (exact) mass is 398 g/mol.